The molecule has 0 spiro atoms. The summed E-state index contributed by atoms with van der Waals surface area (Å²) in [6.07, 6.45) is 5.40. The Morgan fingerprint density at radius 2 is 2.06 bits per heavy atom. The summed E-state index contributed by atoms with van der Waals surface area (Å²) < 4.78 is 2.08. The van der Waals surface area contributed by atoms with E-state index in [9.17, 15) is 0 Å². The van der Waals surface area contributed by atoms with Crippen molar-refractivity contribution < 1.29 is 0 Å². The van der Waals surface area contributed by atoms with Crippen LogP contribution >= 0.6 is 0 Å². The van der Waals surface area contributed by atoms with E-state index in [0.717, 1.165) is 12.8 Å². The number of nitrogens with zero attached hydrogens (tertiary/aromatic N) is 2. The number of hydrogen-bond donors (Lipinski definition) is 1. The lowest BCUT2D eigenvalue weighted by molar-refractivity contribution is 0.239. The first kappa shape index (κ1) is 15.2. The summed E-state index contributed by atoms with van der Waals surface area (Å²) in [4.78, 5) is 0. The first-order valence-electron chi connectivity index (χ1n) is 7.15. The maximum absolute atomic E-state index is 4.69. The summed E-state index contributed by atoms with van der Waals surface area (Å²) in [5.74, 6) is 0. The Bertz CT molecular complexity index is 354. The first-order valence-corrected chi connectivity index (χ1v) is 7.15. The van der Waals surface area contributed by atoms with E-state index in [4.69, 9.17) is 5.10 Å². The van der Waals surface area contributed by atoms with Crippen molar-refractivity contribution >= 4 is 0 Å². The van der Waals surface area contributed by atoms with Crippen molar-refractivity contribution in [3.63, 3.8) is 0 Å². The van der Waals surface area contributed by atoms with Gasteiger partial charge in [-0.1, -0.05) is 27.7 Å². The zero-order valence-corrected chi connectivity index (χ0v) is 12.8. The van der Waals surface area contributed by atoms with Crippen molar-refractivity contribution in [2.45, 2.75) is 66.0 Å². The maximum atomic E-state index is 4.69. The molecule has 0 fully saturated rings. The van der Waals surface area contributed by atoms with Gasteiger partial charge in [-0.2, -0.15) is 5.10 Å². The molecule has 104 valence electrons. The van der Waals surface area contributed by atoms with Crippen LogP contribution in [0.25, 0.3) is 0 Å². The van der Waals surface area contributed by atoms with Crippen molar-refractivity contribution in [2.24, 2.45) is 5.41 Å². The molecule has 2 atom stereocenters. The third kappa shape index (κ3) is 3.58. The van der Waals surface area contributed by atoms with Crippen LogP contribution in [0.15, 0.2) is 12.3 Å². The Hall–Kier alpha value is -0.830. The highest BCUT2D eigenvalue weighted by Gasteiger charge is 2.27. The summed E-state index contributed by atoms with van der Waals surface area (Å²) in [5.41, 5.74) is 1.49. The highest BCUT2D eigenvalue weighted by atomic mass is 15.3. The molecule has 0 aliphatic rings. The molecule has 2 unspecified atom stereocenters. The van der Waals surface area contributed by atoms with Gasteiger partial charge in [0.1, 0.15) is 0 Å². The van der Waals surface area contributed by atoms with Crippen LogP contribution in [0.4, 0.5) is 0 Å². The number of rotatable bonds is 7. The van der Waals surface area contributed by atoms with Crippen LogP contribution in [-0.2, 0) is 6.42 Å². The SMILES string of the molecule is CCC(C)n1ccc(CC(NC)C(C)(C)CC)n1. The Morgan fingerprint density at radius 3 is 2.56 bits per heavy atom. The van der Waals surface area contributed by atoms with Crippen LogP contribution < -0.4 is 5.32 Å². The fourth-order valence-electron chi connectivity index (χ4n) is 2.14. The van der Waals surface area contributed by atoms with E-state index in [0.29, 0.717) is 17.5 Å². The van der Waals surface area contributed by atoms with Gasteiger partial charge in [-0.25, -0.2) is 0 Å². The van der Waals surface area contributed by atoms with Crippen LogP contribution in [0.1, 0.15) is 59.2 Å². The third-order valence-electron chi connectivity index (χ3n) is 4.32. The van der Waals surface area contributed by atoms with Crippen molar-refractivity contribution in [3.05, 3.63) is 18.0 Å². The summed E-state index contributed by atoms with van der Waals surface area (Å²) >= 11 is 0. The molecule has 0 radical (unpaired) electrons. The van der Waals surface area contributed by atoms with E-state index in [2.05, 4.69) is 56.9 Å². The molecule has 0 saturated heterocycles. The van der Waals surface area contributed by atoms with Crippen LogP contribution in [0.3, 0.4) is 0 Å². The molecule has 3 heteroatoms. The topological polar surface area (TPSA) is 29.9 Å². The largest absolute Gasteiger partial charge is 0.316 e. The zero-order valence-electron chi connectivity index (χ0n) is 12.8. The predicted molar refractivity (Wildman–Crippen MR) is 77.9 cm³/mol. The predicted octanol–water partition coefficient (Wildman–Crippen LogP) is 3.42. The second kappa shape index (κ2) is 6.37. The van der Waals surface area contributed by atoms with Gasteiger partial charge < -0.3 is 5.32 Å². The first-order chi connectivity index (χ1) is 8.44. The Morgan fingerprint density at radius 1 is 1.39 bits per heavy atom. The third-order valence-corrected chi connectivity index (χ3v) is 4.32. The molecule has 1 heterocycles. The van der Waals surface area contributed by atoms with Gasteiger partial charge in [-0.15, -0.1) is 0 Å². The normalized spacial score (nSPS) is 15.7. The van der Waals surface area contributed by atoms with E-state index >= 15 is 0 Å². The fraction of sp³-hybridized carbons (Fsp3) is 0.800. The van der Waals surface area contributed by atoms with E-state index in [1.807, 2.05) is 7.05 Å². The van der Waals surface area contributed by atoms with Gasteiger partial charge in [0.05, 0.1) is 5.69 Å². The van der Waals surface area contributed by atoms with E-state index in [1.165, 1.54) is 12.1 Å². The standard InChI is InChI=1S/C15H29N3/c1-7-12(3)18-10-9-13(17-18)11-14(16-6)15(4,5)8-2/h9-10,12,14,16H,7-8,11H2,1-6H3. The average molecular weight is 251 g/mol. The molecule has 0 saturated carbocycles. The maximum Gasteiger partial charge on any atom is 0.0640 e. The van der Waals surface area contributed by atoms with Gasteiger partial charge in [0, 0.05) is 24.7 Å². The van der Waals surface area contributed by atoms with Crippen molar-refractivity contribution in [1.82, 2.24) is 15.1 Å². The van der Waals surface area contributed by atoms with Gasteiger partial charge in [0.2, 0.25) is 0 Å². The molecule has 0 aliphatic heterocycles. The molecule has 1 aromatic heterocycles. The van der Waals surface area contributed by atoms with E-state index in [-0.39, 0.29) is 0 Å². The molecular weight excluding hydrogens is 222 g/mol. The monoisotopic (exact) mass is 251 g/mol. The van der Waals surface area contributed by atoms with Gasteiger partial charge in [0.25, 0.3) is 0 Å². The zero-order chi connectivity index (χ0) is 13.8. The Balaban J connectivity index is 2.74. The van der Waals surface area contributed by atoms with Crippen LogP contribution in [0, 0.1) is 5.41 Å². The number of hydrogen-bond acceptors (Lipinski definition) is 2. The van der Waals surface area contributed by atoms with Crippen LogP contribution in [0.5, 0.6) is 0 Å². The lowest BCUT2D eigenvalue weighted by Gasteiger charge is -2.33. The minimum Gasteiger partial charge on any atom is -0.316 e. The summed E-state index contributed by atoms with van der Waals surface area (Å²) in [6.45, 7) is 11.3. The minimum atomic E-state index is 0.300. The van der Waals surface area contributed by atoms with Crippen molar-refractivity contribution in [1.29, 1.82) is 0 Å². The molecule has 0 aromatic carbocycles. The molecule has 1 aromatic rings. The molecule has 1 rings (SSSR count). The van der Waals surface area contributed by atoms with Gasteiger partial charge in [-0.05, 0) is 38.3 Å². The van der Waals surface area contributed by atoms with Gasteiger partial charge in [-0.3, -0.25) is 4.68 Å². The molecule has 3 nitrogen and oxygen atoms in total. The molecular formula is C15H29N3. The van der Waals surface area contributed by atoms with Crippen LogP contribution in [-0.4, -0.2) is 22.9 Å². The number of nitrogens with one attached hydrogen (secondary N) is 1. The second-order valence-corrected chi connectivity index (χ2v) is 5.93. The Labute approximate surface area is 112 Å². The summed E-state index contributed by atoms with van der Waals surface area (Å²) in [6, 6.07) is 3.12. The number of aromatic nitrogens is 2. The quantitative estimate of drug-likeness (QED) is 0.804. The average Bonchev–Trinajstić information content (AvgIpc) is 2.83. The number of likely N-dealkylation sites (N-methyl/N-ethyl adjacent to an activating group) is 1. The molecule has 18 heavy (non-hydrogen) atoms. The highest BCUT2D eigenvalue weighted by Crippen LogP contribution is 2.26. The Kier molecular flexibility index (Phi) is 5.39. The van der Waals surface area contributed by atoms with Gasteiger partial charge >= 0.3 is 0 Å². The smallest absolute Gasteiger partial charge is 0.0640 e. The van der Waals surface area contributed by atoms with E-state index in [1.54, 1.807) is 0 Å². The highest BCUT2D eigenvalue weighted by molar-refractivity contribution is 5.04. The second-order valence-electron chi connectivity index (χ2n) is 5.93. The fourth-order valence-corrected chi connectivity index (χ4v) is 2.14. The molecule has 1 N–H and O–H groups in total. The van der Waals surface area contributed by atoms with E-state index < -0.39 is 0 Å². The van der Waals surface area contributed by atoms with Crippen molar-refractivity contribution in [2.75, 3.05) is 7.05 Å². The minimum absolute atomic E-state index is 0.300. The molecule has 0 aliphatic carbocycles. The molecule has 0 amide bonds. The summed E-state index contributed by atoms with van der Waals surface area (Å²) in [5, 5.41) is 8.14. The molecule has 0 bridgehead atoms. The lowest BCUT2D eigenvalue weighted by atomic mass is 9.80. The van der Waals surface area contributed by atoms with Crippen molar-refractivity contribution in [3.8, 4) is 0 Å². The lowest BCUT2D eigenvalue weighted by Crippen LogP contribution is -2.41. The van der Waals surface area contributed by atoms with Gasteiger partial charge in [0.15, 0.2) is 0 Å². The summed E-state index contributed by atoms with van der Waals surface area (Å²) in [7, 11) is 2.05. The van der Waals surface area contributed by atoms with Crippen LogP contribution in [0.2, 0.25) is 0 Å².